The average Bonchev–Trinajstić information content (AvgIpc) is 3.42. The lowest BCUT2D eigenvalue weighted by atomic mass is 9.99. The van der Waals surface area contributed by atoms with Crippen molar-refractivity contribution in [2.24, 2.45) is 5.92 Å². The van der Waals surface area contributed by atoms with Crippen LogP contribution >= 0.6 is 30.8 Å². The number of benzene rings is 1. The summed E-state index contributed by atoms with van der Waals surface area (Å²) in [5.74, 6) is 0.449. The van der Waals surface area contributed by atoms with Gasteiger partial charge in [-0.15, -0.1) is 0 Å². The van der Waals surface area contributed by atoms with E-state index in [0.717, 1.165) is 10.9 Å². The molecular formula is C25H28Cl2N5O8P. The number of esters is 1. The molecule has 6 atom stereocenters. The fourth-order valence-corrected chi connectivity index (χ4v) is 6.22. The first-order valence-electron chi connectivity index (χ1n) is 13.2. The van der Waals surface area contributed by atoms with Crippen molar-refractivity contribution < 1.29 is 35.7 Å². The Hall–Kier alpha value is -3.11. The van der Waals surface area contributed by atoms with E-state index in [0.29, 0.717) is 0 Å². The van der Waals surface area contributed by atoms with E-state index in [2.05, 4.69) is 26.3 Å². The summed E-state index contributed by atoms with van der Waals surface area (Å²) in [6.07, 6.45) is -5.46. The van der Waals surface area contributed by atoms with Crippen molar-refractivity contribution in [3.05, 3.63) is 47.0 Å². The highest BCUT2D eigenvalue weighted by Crippen LogP contribution is 2.52. The van der Waals surface area contributed by atoms with Gasteiger partial charge in [-0.05, 0) is 37.6 Å². The first kappa shape index (κ1) is 28.0. The van der Waals surface area contributed by atoms with E-state index in [4.69, 9.17) is 50.2 Å². The van der Waals surface area contributed by atoms with Crippen LogP contribution in [0, 0.1) is 17.2 Å². The summed E-state index contributed by atoms with van der Waals surface area (Å²) in [5, 5.41) is 13.4. The highest BCUT2D eigenvalue weighted by Gasteiger charge is 2.57. The molecule has 0 bridgehead atoms. The number of nitrogens with one attached hydrogen (secondary N) is 1. The Balaban J connectivity index is 1.71. The number of halogens is 2. The van der Waals surface area contributed by atoms with Crippen molar-refractivity contribution in [1.82, 2.24) is 19.5 Å². The second-order valence-corrected chi connectivity index (χ2v) is 12.2. The zero-order chi connectivity index (χ0) is 31.7. The molecule has 4 rings (SSSR count). The molecule has 220 valence electrons. The number of imidazole rings is 1. The SMILES string of the molecule is [2H]C([2H])(O[P@@](=O)(C[C@@H](C)C(=O)OC(C)C)Oc1ccccc1)[C@H]1O[C@@H](n2cnc3c(=O)[nH]c(N)nc32)C(Cl)(C#CCl)[C@H]1O. The molecule has 1 aliphatic heterocycles. The van der Waals surface area contributed by atoms with Crippen LogP contribution in [0.3, 0.4) is 0 Å². The molecule has 0 saturated carbocycles. The number of aliphatic hydroxyl groups is 1. The van der Waals surface area contributed by atoms with Gasteiger partial charge in [-0.3, -0.25) is 23.7 Å². The van der Waals surface area contributed by atoms with Gasteiger partial charge in [-0.1, -0.05) is 42.6 Å². The van der Waals surface area contributed by atoms with Crippen LogP contribution < -0.4 is 15.8 Å². The number of carbonyl (C=O) groups excluding carboxylic acids is 1. The van der Waals surface area contributed by atoms with Gasteiger partial charge in [0.2, 0.25) is 5.95 Å². The zero-order valence-corrected chi connectivity index (χ0v) is 24.4. The Morgan fingerprint density at radius 3 is 2.76 bits per heavy atom. The summed E-state index contributed by atoms with van der Waals surface area (Å²) >= 11 is 12.4. The largest absolute Gasteiger partial charge is 0.463 e. The van der Waals surface area contributed by atoms with E-state index in [9.17, 15) is 19.3 Å². The van der Waals surface area contributed by atoms with Crippen LogP contribution in [0.15, 0.2) is 41.5 Å². The summed E-state index contributed by atoms with van der Waals surface area (Å²) in [5.41, 5.74) is 4.74. The number of hydrogen-bond donors (Lipinski definition) is 3. The highest BCUT2D eigenvalue weighted by atomic mass is 35.5. The number of anilines is 1. The van der Waals surface area contributed by atoms with E-state index in [1.165, 1.54) is 19.1 Å². The van der Waals surface area contributed by atoms with Crippen molar-refractivity contribution in [2.75, 3.05) is 18.5 Å². The van der Waals surface area contributed by atoms with Crippen molar-refractivity contribution >= 4 is 53.9 Å². The fraction of sp³-hybridized carbons (Fsp3) is 0.440. The number of rotatable bonds is 10. The van der Waals surface area contributed by atoms with Gasteiger partial charge in [0.1, 0.15) is 18.0 Å². The Labute approximate surface area is 247 Å². The standard InChI is InChI=1S/C25H28Cl2N5O8P/c1-14(2)38-22(35)15(3)12-41(36,40-16-7-5-4-6-8-16)37-11-17-19(33)25(27,9-10-26)23(39-17)32-13-29-18-20(32)30-24(28)31-21(18)34/h4-8,13-15,17,19,23,33H,11-12H2,1-3H3,(H3,28,30,31,34)/t15-,17-,19+,23-,25?,41+/m1/s1/i11D2. The molecule has 0 spiro atoms. The summed E-state index contributed by atoms with van der Waals surface area (Å²) in [6.45, 7) is 1.61. The average molecular weight is 630 g/mol. The molecule has 16 heteroatoms. The van der Waals surface area contributed by atoms with Gasteiger partial charge in [0.15, 0.2) is 22.3 Å². The molecule has 1 aromatic carbocycles. The lowest BCUT2D eigenvalue weighted by molar-refractivity contribution is -0.151. The number of alkyl halides is 1. The number of carbonyl (C=O) groups is 1. The molecular weight excluding hydrogens is 600 g/mol. The fourth-order valence-electron chi connectivity index (χ4n) is 3.99. The number of fused-ring (bicyclic) bond motifs is 1. The van der Waals surface area contributed by atoms with Gasteiger partial charge in [0.25, 0.3) is 5.56 Å². The highest BCUT2D eigenvalue weighted by molar-refractivity contribution is 7.54. The molecule has 1 fully saturated rings. The molecule has 13 nitrogen and oxygen atoms in total. The smallest absolute Gasteiger partial charge is 0.380 e. The summed E-state index contributed by atoms with van der Waals surface area (Å²) in [7, 11) is -4.55. The van der Waals surface area contributed by atoms with E-state index < -0.39 is 67.2 Å². The van der Waals surface area contributed by atoms with Gasteiger partial charge in [-0.2, -0.15) is 4.98 Å². The summed E-state index contributed by atoms with van der Waals surface area (Å²) in [6, 6.07) is 7.78. The summed E-state index contributed by atoms with van der Waals surface area (Å²) < 4.78 is 54.9. The maximum Gasteiger partial charge on any atom is 0.380 e. The van der Waals surface area contributed by atoms with Gasteiger partial charge in [-0.25, -0.2) is 9.55 Å². The van der Waals surface area contributed by atoms with Crippen molar-refractivity contribution in [3.63, 3.8) is 0 Å². The van der Waals surface area contributed by atoms with Gasteiger partial charge >= 0.3 is 13.6 Å². The quantitative estimate of drug-likeness (QED) is 0.130. The Morgan fingerprint density at radius 1 is 1.39 bits per heavy atom. The number of aromatic nitrogens is 4. The van der Waals surface area contributed by atoms with Crippen molar-refractivity contribution in [1.29, 1.82) is 0 Å². The topological polar surface area (TPSA) is 181 Å². The molecule has 1 saturated heterocycles. The van der Waals surface area contributed by atoms with Crippen LogP contribution in [0.1, 0.15) is 29.7 Å². The molecule has 0 radical (unpaired) electrons. The molecule has 0 amide bonds. The normalized spacial score (nSPS) is 25.5. The maximum absolute atomic E-state index is 14.1. The number of aliphatic hydroxyl groups excluding tert-OH is 1. The predicted molar refractivity (Wildman–Crippen MR) is 151 cm³/mol. The number of H-pyrrole nitrogens is 1. The second-order valence-electron chi connectivity index (χ2n) is 9.41. The van der Waals surface area contributed by atoms with E-state index in [1.54, 1.807) is 32.0 Å². The van der Waals surface area contributed by atoms with E-state index in [-0.39, 0.29) is 22.9 Å². The number of hydrogen-bond acceptors (Lipinski definition) is 11. The molecule has 3 heterocycles. The molecule has 4 N–H and O–H groups in total. The number of ether oxygens (including phenoxy) is 2. The van der Waals surface area contributed by atoms with Gasteiger partial charge in [0.05, 0.1) is 33.8 Å². The molecule has 2 aromatic heterocycles. The monoisotopic (exact) mass is 629 g/mol. The third-order valence-corrected chi connectivity index (χ3v) is 8.31. The summed E-state index contributed by atoms with van der Waals surface area (Å²) in [4.78, 5) is 33.0. The molecule has 1 unspecified atom stereocenters. The minimum absolute atomic E-state index is 0.0651. The molecule has 1 aliphatic rings. The lowest BCUT2D eigenvalue weighted by Gasteiger charge is -2.25. The predicted octanol–water partition coefficient (Wildman–Crippen LogP) is 3.01. The van der Waals surface area contributed by atoms with Crippen LogP contribution in [0.5, 0.6) is 5.75 Å². The minimum Gasteiger partial charge on any atom is -0.463 e. The molecule has 41 heavy (non-hydrogen) atoms. The minimum atomic E-state index is -4.55. The second kappa shape index (κ2) is 12.4. The van der Waals surface area contributed by atoms with Gasteiger partial charge < -0.3 is 24.8 Å². The Bertz CT molecular complexity index is 1660. The van der Waals surface area contributed by atoms with Crippen molar-refractivity contribution in [3.8, 4) is 17.0 Å². The number of para-hydroxylation sites is 1. The molecule has 0 aliphatic carbocycles. The number of aromatic amines is 1. The first-order valence-corrected chi connectivity index (χ1v) is 14.7. The van der Waals surface area contributed by atoms with E-state index >= 15 is 0 Å². The van der Waals surface area contributed by atoms with Crippen LogP contribution in [-0.2, 0) is 23.4 Å². The first-order chi connectivity index (χ1) is 20.1. The number of nitrogens with two attached hydrogens (primary N) is 1. The van der Waals surface area contributed by atoms with Crippen LogP contribution in [-0.4, -0.2) is 66.5 Å². The lowest BCUT2D eigenvalue weighted by Crippen LogP contribution is -2.41. The van der Waals surface area contributed by atoms with Gasteiger partial charge in [0, 0.05) is 5.38 Å². The Morgan fingerprint density at radius 2 is 2.10 bits per heavy atom. The Kier molecular flexibility index (Phi) is 8.48. The molecule has 3 aromatic rings. The van der Waals surface area contributed by atoms with Crippen LogP contribution in [0.4, 0.5) is 5.95 Å². The maximum atomic E-state index is 14.1. The van der Waals surface area contributed by atoms with Crippen LogP contribution in [0.2, 0.25) is 0 Å². The third-order valence-electron chi connectivity index (χ3n) is 5.84. The number of nitrogen functional groups attached to an aromatic ring is 1. The zero-order valence-electron chi connectivity index (χ0n) is 24.0. The van der Waals surface area contributed by atoms with E-state index in [1.807, 2.05) is 0 Å². The number of nitrogens with zero attached hydrogens (tertiary/aromatic N) is 3. The van der Waals surface area contributed by atoms with Crippen LogP contribution in [0.25, 0.3) is 11.2 Å². The third kappa shape index (κ3) is 6.70. The van der Waals surface area contributed by atoms with Crippen molar-refractivity contribution in [2.45, 2.75) is 50.2 Å².